The Hall–Kier alpha value is -3.52. The molecule has 1 aromatic heterocycles. The van der Waals surface area contributed by atoms with E-state index in [4.69, 9.17) is 4.42 Å². The molecule has 4 aromatic rings. The van der Waals surface area contributed by atoms with Crippen LogP contribution in [-0.2, 0) is 10.0 Å². The molecule has 0 N–H and O–H groups in total. The number of nitrogens with zero attached hydrogens (tertiary/aromatic N) is 1. The Morgan fingerprint density at radius 1 is 1.03 bits per heavy atom. The number of sulfonamides is 1. The SMILES string of the molecule is CCN(c1cc2oc(-c3ccc(F)cc3)c(C=O)c2c(F)c1-c1cccc(C)c1)S(C)(=O)=O. The molecule has 0 bridgehead atoms. The number of rotatable bonds is 6. The van der Waals surface area contributed by atoms with Gasteiger partial charge in [0.05, 0.1) is 22.9 Å². The number of carbonyl (C=O) groups is 1. The molecule has 4 rings (SSSR count). The molecule has 0 saturated carbocycles. The van der Waals surface area contributed by atoms with E-state index < -0.39 is 21.7 Å². The van der Waals surface area contributed by atoms with Crippen LogP contribution >= 0.6 is 0 Å². The van der Waals surface area contributed by atoms with Gasteiger partial charge in [-0.05, 0) is 43.7 Å². The van der Waals surface area contributed by atoms with Gasteiger partial charge in [0, 0.05) is 23.7 Å². The van der Waals surface area contributed by atoms with Gasteiger partial charge in [0.1, 0.15) is 23.0 Å². The van der Waals surface area contributed by atoms with Gasteiger partial charge in [-0.1, -0.05) is 29.8 Å². The maximum Gasteiger partial charge on any atom is 0.232 e. The van der Waals surface area contributed by atoms with Crippen LogP contribution in [-0.4, -0.2) is 27.5 Å². The topological polar surface area (TPSA) is 67.6 Å². The molecule has 0 spiro atoms. The summed E-state index contributed by atoms with van der Waals surface area (Å²) in [6, 6.07) is 13.7. The highest BCUT2D eigenvalue weighted by Crippen LogP contribution is 2.43. The maximum absolute atomic E-state index is 16.2. The molecular weight excluding hydrogens is 448 g/mol. The summed E-state index contributed by atoms with van der Waals surface area (Å²) in [5.41, 5.74) is 1.85. The van der Waals surface area contributed by atoms with Gasteiger partial charge in [0.2, 0.25) is 10.0 Å². The molecule has 0 aliphatic rings. The average molecular weight is 470 g/mol. The van der Waals surface area contributed by atoms with E-state index in [9.17, 15) is 17.6 Å². The smallest absolute Gasteiger partial charge is 0.232 e. The van der Waals surface area contributed by atoms with Crippen molar-refractivity contribution < 1.29 is 26.4 Å². The minimum atomic E-state index is -3.75. The molecule has 170 valence electrons. The molecule has 0 amide bonds. The van der Waals surface area contributed by atoms with Gasteiger partial charge in [-0.25, -0.2) is 17.2 Å². The normalized spacial score (nSPS) is 11.7. The number of aldehydes is 1. The molecule has 0 unspecified atom stereocenters. The highest BCUT2D eigenvalue weighted by Gasteiger charge is 2.28. The lowest BCUT2D eigenvalue weighted by Gasteiger charge is -2.24. The number of anilines is 1. The van der Waals surface area contributed by atoms with Crippen molar-refractivity contribution >= 4 is 33.0 Å². The average Bonchev–Trinajstić information content (AvgIpc) is 3.12. The Balaban J connectivity index is 2.13. The summed E-state index contributed by atoms with van der Waals surface area (Å²) in [5, 5.41) is -0.0610. The molecule has 0 aliphatic carbocycles. The van der Waals surface area contributed by atoms with E-state index in [2.05, 4.69) is 0 Å². The fraction of sp³-hybridized carbons (Fsp3) is 0.160. The van der Waals surface area contributed by atoms with Crippen molar-refractivity contribution in [2.24, 2.45) is 0 Å². The van der Waals surface area contributed by atoms with Gasteiger partial charge in [0.15, 0.2) is 6.29 Å². The van der Waals surface area contributed by atoms with Crippen molar-refractivity contribution in [2.45, 2.75) is 13.8 Å². The predicted octanol–water partition coefficient (Wildman–Crippen LogP) is 5.95. The molecule has 0 atom stereocenters. The Labute approximate surface area is 190 Å². The lowest BCUT2D eigenvalue weighted by molar-refractivity contribution is 0.112. The number of hydrogen-bond donors (Lipinski definition) is 0. The standard InChI is InChI=1S/C25H21F2NO4S/c1-4-28(33(3,30)31)20-13-21-23(24(27)22(20)17-7-5-6-15(2)12-17)19(14-29)25(32-21)16-8-10-18(26)11-9-16/h5-14H,4H2,1-3H3. The van der Waals surface area contributed by atoms with Gasteiger partial charge in [-0.3, -0.25) is 9.10 Å². The summed E-state index contributed by atoms with van der Waals surface area (Å²) in [6.45, 7) is 3.55. The van der Waals surface area contributed by atoms with Crippen LogP contribution in [0.4, 0.5) is 14.5 Å². The van der Waals surface area contributed by atoms with Crippen LogP contribution in [0.1, 0.15) is 22.8 Å². The minimum absolute atomic E-state index is 0.0161. The molecule has 3 aromatic carbocycles. The monoisotopic (exact) mass is 469 g/mol. The third-order valence-corrected chi connectivity index (χ3v) is 6.68. The molecule has 8 heteroatoms. The van der Waals surface area contributed by atoms with E-state index in [1.165, 1.54) is 30.3 Å². The Bertz CT molecular complexity index is 1470. The van der Waals surface area contributed by atoms with Crippen LogP contribution in [0, 0.1) is 18.6 Å². The number of carbonyl (C=O) groups excluding carboxylic acids is 1. The van der Waals surface area contributed by atoms with E-state index >= 15 is 4.39 Å². The van der Waals surface area contributed by atoms with Crippen molar-refractivity contribution in [2.75, 3.05) is 17.1 Å². The van der Waals surface area contributed by atoms with Crippen LogP contribution < -0.4 is 4.31 Å². The van der Waals surface area contributed by atoms with E-state index in [0.717, 1.165) is 16.1 Å². The zero-order valence-corrected chi connectivity index (χ0v) is 19.0. The van der Waals surface area contributed by atoms with Crippen LogP contribution in [0.2, 0.25) is 0 Å². The largest absolute Gasteiger partial charge is 0.455 e. The van der Waals surface area contributed by atoms with Gasteiger partial charge in [-0.15, -0.1) is 0 Å². The fourth-order valence-corrected chi connectivity index (χ4v) is 4.98. The zero-order valence-electron chi connectivity index (χ0n) is 18.2. The second-order valence-electron chi connectivity index (χ2n) is 7.72. The van der Waals surface area contributed by atoms with Crippen molar-refractivity contribution in [3.8, 4) is 22.5 Å². The van der Waals surface area contributed by atoms with Crippen LogP contribution in [0.15, 0.2) is 59.0 Å². The molecule has 0 radical (unpaired) electrons. The molecule has 0 aliphatic heterocycles. The third-order valence-electron chi connectivity index (χ3n) is 5.42. The zero-order chi connectivity index (χ0) is 23.9. The van der Waals surface area contributed by atoms with Gasteiger partial charge >= 0.3 is 0 Å². The molecule has 0 fully saturated rings. The first-order valence-corrected chi connectivity index (χ1v) is 12.1. The Morgan fingerprint density at radius 2 is 1.73 bits per heavy atom. The van der Waals surface area contributed by atoms with E-state index in [1.807, 2.05) is 13.0 Å². The number of benzene rings is 3. The maximum atomic E-state index is 16.2. The van der Waals surface area contributed by atoms with Crippen molar-refractivity contribution in [1.82, 2.24) is 0 Å². The van der Waals surface area contributed by atoms with Gasteiger partial charge in [-0.2, -0.15) is 0 Å². The first-order valence-electron chi connectivity index (χ1n) is 10.2. The van der Waals surface area contributed by atoms with E-state index in [0.29, 0.717) is 17.4 Å². The summed E-state index contributed by atoms with van der Waals surface area (Å²) in [4.78, 5) is 12.0. The number of halogens is 2. The lowest BCUT2D eigenvalue weighted by atomic mass is 9.97. The van der Waals surface area contributed by atoms with Gasteiger partial charge < -0.3 is 4.42 Å². The second kappa shape index (κ2) is 8.44. The van der Waals surface area contributed by atoms with Crippen molar-refractivity contribution in [1.29, 1.82) is 0 Å². The summed E-state index contributed by atoms with van der Waals surface area (Å²) in [7, 11) is -3.75. The fourth-order valence-electron chi connectivity index (χ4n) is 4.01. The minimum Gasteiger partial charge on any atom is -0.455 e. The van der Waals surface area contributed by atoms with E-state index in [1.54, 1.807) is 25.1 Å². The second-order valence-corrected chi connectivity index (χ2v) is 9.63. The summed E-state index contributed by atoms with van der Waals surface area (Å²) in [5.74, 6) is -1.16. The Kier molecular flexibility index (Phi) is 5.80. The highest BCUT2D eigenvalue weighted by molar-refractivity contribution is 7.92. The summed E-state index contributed by atoms with van der Waals surface area (Å²) in [6.07, 6.45) is 1.53. The quantitative estimate of drug-likeness (QED) is 0.327. The molecule has 1 heterocycles. The summed E-state index contributed by atoms with van der Waals surface area (Å²) < 4.78 is 61.6. The lowest BCUT2D eigenvalue weighted by Crippen LogP contribution is -2.30. The highest BCUT2D eigenvalue weighted by atomic mass is 32.2. The van der Waals surface area contributed by atoms with Crippen molar-refractivity contribution in [3.63, 3.8) is 0 Å². The Morgan fingerprint density at radius 3 is 2.30 bits per heavy atom. The molecular formula is C25H21F2NO4S. The number of hydrogen-bond acceptors (Lipinski definition) is 4. The number of furan rings is 1. The van der Waals surface area contributed by atoms with Gasteiger partial charge in [0.25, 0.3) is 0 Å². The first-order chi connectivity index (χ1) is 15.7. The van der Waals surface area contributed by atoms with Crippen LogP contribution in [0.25, 0.3) is 33.4 Å². The van der Waals surface area contributed by atoms with E-state index in [-0.39, 0.29) is 40.1 Å². The number of aryl methyl sites for hydroxylation is 1. The summed E-state index contributed by atoms with van der Waals surface area (Å²) >= 11 is 0. The molecule has 33 heavy (non-hydrogen) atoms. The van der Waals surface area contributed by atoms with Crippen molar-refractivity contribution in [3.05, 3.63) is 77.4 Å². The first kappa shape index (κ1) is 22.7. The third kappa shape index (κ3) is 4.02. The molecule has 5 nitrogen and oxygen atoms in total. The van der Waals surface area contributed by atoms with Crippen LogP contribution in [0.5, 0.6) is 0 Å². The number of fused-ring (bicyclic) bond motifs is 1. The molecule has 0 saturated heterocycles. The van der Waals surface area contributed by atoms with Crippen LogP contribution in [0.3, 0.4) is 0 Å². The predicted molar refractivity (Wildman–Crippen MR) is 125 cm³/mol.